The summed E-state index contributed by atoms with van der Waals surface area (Å²) in [6.45, 7) is 9.44. The number of hydrogen-bond acceptors (Lipinski definition) is 4. The first kappa shape index (κ1) is 18.9. The van der Waals surface area contributed by atoms with Crippen molar-refractivity contribution in [3.63, 3.8) is 0 Å². The third-order valence-electron chi connectivity index (χ3n) is 4.12. The summed E-state index contributed by atoms with van der Waals surface area (Å²) in [7, 11) is 0. The van der Waals surface area contributed by atoms with Crippen LogP contribution in [0.25, 0.3) is 0 Å². The maximum atomic E-state index is 8.89. The van der Waals surface area contributed by atoms with Crippen LogP contribution in [0.2, 0.25) is 0 Å². The van der Waals surface area contributed by atoms with E-state index in [1.807, 2.05) is 20.1 Å². The lowest BCUT2D eigenvalue weighted by Crippen LogP contribution is -2.38. The van der Waals surface area contributed by atoms with Crippen molar-refractivity contribution >= 4 is 17.6 Å². The molecule has 1 fully saturated rings. The molecule has 22 heavy (non-hydrogen) atoms. The lowest BCUT2D eigenvalue weighted by molar-refractivity contribution is 0.116. The number of hydrogen-bond donors (Lipinski definition) is 1. The molecule has 2 rings (SSSR count). The molecule has 1 heterocycles. The zero-order valence-corrected chi connectivity index (χ0v) is 15.2. The van der Waals surface area contributed by atoms with E-state index in [-0.39, 0.29) is 5.41 Å². The average Bonchev–Trinajstić information content (AvgIpc) is 2.53. The highest BCUT2D eigenvalue weighted by Crippen LogP contribution is 2.34. The molecule has 0 radical (unpaired) electrons. The molecule has 0 bridgehead atoms. The van der Waals surface area contributed by atoms with Crippen molar-refractivity contribution in [3.05, 3.63) is 29.8 Å². The minimum atomic E-state index is 0.230. The molecule has 1 N–H and O–H groups in total. The van der Waals surface area contributed by atoms with Crippen LogP contribution in [0.15, 0.2) is 24.3 Å². The molecule has 1 saturated heterocycles. The quantitative estimate of drug-likeness (QED) is 0.782. The topological polar surface area (TPSA) is 39.1 Å². The van der Waals surface area contributed by atoms with E-state index in [1.54, 1.807) is 11.9 Å². The molecule has 1 aliphatic heterocycles. The van der Waals surface area contributed by atoms with Crippen molar-refractivity contribution in [2.45, 2.75) is 46.6 Å². The van der Waals surface area contributed by atoms with Crippen LogP contribution in [0.4, 0.5) is 5.69 Å². The molecule has 0 amide bonds. The van der Waals surface area contributed by atoms with E-state index >= 15 is 0 Å². The first-order valence-corrected chi connectivity index (χ1v) is 9.35. The Morgan fingerprint density at radius 1 is 1.32 bits per heavy atom. The maximum absolute atomic E-state index is 8.89. The lowest BCUT2D eigenvalue weighted by Gasteiger charge is -2.38. The summed E-state index contributed by atoms with van der Waals surface area (Å²) in [6, 6.07) is 11.0. The summed E-state index contributed by atoms with van der Waals surface area (Å²) in [4.78, 5) is 2.50. The second kappa shape index (κ2) is 9.76. The number of rotatable bonds is 5. The van der Waals surface area contributed by atoms with Crippen LogP contribution in [0, 0.1) is 16.7 Å². The molecule has 1 aliphatic rings. The van der Waals surface area contributed by atoms with Crippen LogP contribution in [0.3, 0.4) is 0 Å². The number of benzene rings is 1. The van der Waals surface area contributed by atoms with Gasteiger partial charge in [0, 0.05) is 24.9 Å². The predicted octanol–water partition coefficient (Wildman–Crippen LogP) is 4.92. The summed E-state index contributed by atoms with van der Waals surface area (Å²) in [6.07, 6.45) is 4.98. The van der Waals surface area contributed by atoms with Gasteiger partial charge in [0.25, 0.3) is 0 Å². The van der Waals surface area contributed by atoms with Gasteiger partial charge in [-0.2, -0.15) is 5.26 Å². The summed E-state index contributed by atoms with van der Waals surface area (Å²) < 4.78 is 3.28. The minimum Gasteiger partial charge on any atom is -0.330 e. The predicted molar refractivity (Wildman–Crippen MR) is 97.8 cm³/mol. The summed E-state index contributed by atoms with van der Waals surface area (Å²) in [5, 5.41) is 8.89. The number of nitriles is 1. The van der Waals surface area contributed by atoms with Crippen LogP contribution in [-0.4, -0.2) is 24.2 Å². The minimum absolute atomic E-state index is 0.230. The van der Waals surface area contributed by atoms with E-state index < -0.39 is 0 Å². The average molecular weight is 320 g/mol. The largest absolute Gasteiger partial charge is 0.330 e. The Kier molecular flexibility index (Phi) is 8.37. The first-order chi connectivity index (χ1) is 10.6. The second-order valence-electron chi connectivity index (χ2n) is 5.93. The van der Waals surface area contributed by atoms with Crippen LogP contribution in [-0.2, 0) is 6.54 Å². The van der Waals surface area contributed by atoms with Gasteiger partial charge in [0.15, 0.2) is 0 Å². The standard InChI is InChI=1S/C16H23N3S.C2H6/c1-16(6-9-17)7-10-19(11-8-16)13-14-4-3-5-15(12-14)18-20-2;1-2/h3-5,12,18H,6-8,10-11,13H2,1-2H3;1-2H3. The van der Waals surface area contributed by atoms with Gasteiger partial charge in [-0.15, -0.1) is 0 Å². The smallest absolute Gasteiger partial charge is 0.0627 e. The molecular weight excluding hydrogens is 290 g/mol. The Morgan fingerprint density at radius 3 is 2.59 bits per heavy atom. The van der Waals surface area contributed by atoms with Crippen LogP contribution in [0.5, 0.6) is 0 Å². The fourth-order valence-electron chi connectivity index (χ4n) is 2.73. The Morgan fingerprint density at radius 2 is 2.00 bits per heavy atom. The molecule has 0 aromatic heterocycles. The molecule has 1 aromatic rings. The maximum Gasteiger partial charge on any atom is 0.0627 e. The highest BCUT2D eigenvalue weighted by Gasteiger charge is 2.29. The van der Waals surface area contributed by atoms with Crippen molar-refractivity contribution < 1.29 is 0 Å². The van der Waals surface area contributed by atoms with Gasteiger partial charge < -0.3 is 4.72 Å². The van der Waals surface area contributed by atoms with E-state index in [9.17, 15) is 0 Å². The van der Waals surface area contributed by atoms with E-state index in [0.29, 0.717) is 6.42 Å². The zero-order chi connectivity index (χ0) is 16.4. The number of anilines is 1. The van der Waals surface area contributed by atoms with Gasteiger partial charge in [0.1, 0.15) is 0 Å². The molecule has 0 spiro atoms. The van der Waals surface area contributed by atoms with Gasteiger partial charge in [0.2, 0.25) is 0 Å². The van der Waals surface area contributed by atoms with Crippen molar-refractivity contribution in [3.8, 4) is 6.07 Å². The summed E-state index contributed by atoms with van der Waals surface area (Å²) in [5.74, 6) is 0. The molecular formula is C18H29N3S. The molecule has 0 saturated carbocycles. The molecule has 0 aliphatic carbocycles. The SMILES string of the molecule is CC.CSNc1cccc(CN2CCC(C)(CC#N)CC2)c1. The number of nitrogens with one attached hydrogen (secondary N) is 1. The monoisotopic (exact) mass is 319 g/mol. The highest BCUT2D eigenvalue weighted by atomic mass is 32.2. The van der Waals surface area contributed by atoms with Crippen LogP contribution >= 0.6 is 11.9 Å². The fourth-order valence-corrected chi connectivity index (χ4v) is 3.09. The van der Waals surface area contributed by atoms with E-state index in [2.05, 4.69) is 46.9 Å². The van der Waals surface area contributed by atoms with E-state index in [4.69, 9.17) is 5.26 Å². The zero-order valence-electron chi connectivity index (χ0n) is 14.4. The van der Waals surface area contributed by atoms with Crippen molar-refractivity contribution in [2.75, 3.05) is 24.1 Å². The molecule has 122 valence electrons. The Balaban J connectivity index is 0.00000116. The molecule has 1 aromatic carbocycles. The van der Waals surface area contributed by atoms with Crippen LogP contribution in [0.1, 0.15) is 45.6 Å². The molecule has 4 heteroatoms. The fraction of sp³-hybridized carbons (Fsp3) is 0.611. The van der Waals surface area contributed by atoms with Gasteiger partial charge in [-0.05, 0) is 49.0 Å². The first-order valence-electron chi connectivity index (χ1n) is 8.12. The molecule has 3 nitrogen and oxygen atoms in total. The van der Waals surface area contributed by atoms with E-state index in [1.165, 1.54) is 11.3 Å². The Labute approximate surface area is 140 Å². The lowest BCUT2D eigenvalue weighted by atomic mass is 9.78. The molecule has 0 atom stereocenters. The van der Waals surface area contributed by atoms with Crippen molar-refractivity contribution in [1.29, 1.82) is 5.26 Å². The third kappa shape index (κ3) is 5.90. The second-order valence-corrected chi connectivity index (χ2v) is 6.54. The van der Waals surface area contributed by atoms with E-state index in [0.717, 1.165) is 32.5 Å². The third-order valence-corrected chi connectivity index (χ3v) is 4.56. The van der Waals surface area contributed by atoms with Gasteiger partial charge >= 0.3 is 0 Å². The summed E-state index contributed by atoms with van der Waals surface area (Å²) in [5.41, 5.74) is 2.75. The Bertz CT molecular complexity index is 473. The number of piperidine rings is 1. The Hall–Kier alpha value is -1.18. The summed E-state index contributed by atoms with van der Waals surface area (Å²) >= 11 is 1.62. The van der Waals surface area contributed by atoms with Crippen LogP contribution < -0.4 is 4.72 Å². The van der Waals surface area contributed by atoms with Gasteiger partial charge in [-0.1, -0.05) is 44.9 Å². The van der Waals surface area contributed by atoms with Crippen molar-refractivity contribution in [2.24, 2.45) is 5.41 Å². The molecule has 0 unspecified atom stereocenters. The van der Waals surface area contributed by atoms with Gasteiger partial charge in [-0.3, -0.25) is 4.90 Å². The van der Waals surface area contributed by atoms with Gasteiger partial charge in [-0.25, -0.2) is 0 Å². The number of nitrogens with zero attached hydrogens (tertiary/aromatic N) is 2. The normalized spacial score (nSPS) is 17.0. The van der Waals surface area contributed by atoms with Crippen molar-refractivity contribution in [1.82, 2.24) is 4.90 Å². The number of likely N-dealkylation sites (tertiary alicyclic amines) is 1. The highest BCUT2D eigenvalue weighted by molar-refractivity contribution is 7.99. The van der Waals surface area contributed by atoms with Gasteiger partial charge in [0.05, 0.1) is 6.07 Å².